The van der Waals surface area contributed by atoms with Crippen LogP contribution in [0.15, 0.2) is 18.2 Å². The van der Waals surface area contributed by atoms with Gasteiger partial charge in [-0.1, -0.05) is 51.1 Å². The molecule has 0 aliphatic rings. The number of benzene rings is 1. The molecule has 0 aliphatic heterocycles. The zero-order valence-electron chi connectivity index (χ0n) is 15.0. The molecule has 0 radical (unpaired) electrons. The molecule has 0 bridgehead atoms. The van der Waals surface area contributed by atoms with E-state index < -0.39 is 22.2 Å². The van der Waals surface area contributed by atoms with E-state index in [2.05, 4.69) is 67.3 Å². The Balaban J connectivity index is 2.65. The first-order valence-electron chi connectivity index (χ1n) is 7.79. The van der Waals surface area contributed by atoms with E-state index in [-0.39, 0.29) is 0 Å². The van der Waals surface area contributed by atoms with Crippen molar-refractivity contribution in [2.45, 2.75) is 39.3 Å². The lowest BCUT2D eigenvalue weighted by Gasteiger charge is -2.03. The summed E-state index contributed by atoms with van der Waals surface area (Å²) in [4.78, 5) is 11.4. The molecule has 0 spiro atoms. The number of aromatic nitrogens is 2. The third-order valence-corrected chi connectivity index (χ3v) is 4.75. The molecule has 1 aromatic carbocycles. The highest BCUT2D eigenvalue weighted by molar-refractivity contribution is 6.84. The lowest BCUT2D eigenvalue weighted by molar-refractivity contribution is 0.194. The van der Waals surface area contributed by atoms with Crippen LogP contribution in [0.1, 0.15) is 11.3 Å². The van der Waals surface area contributed by atoms with Crippen LogP contribution >= 0.6 is 0 Å². The van der Waals surface area contributed by atoms with Crippen LogP contribution in [0.25, 0.3) is 10.9 Å². The van der Waals surface area contributed by atoms with Gasteiger partial charge in [0.15, 0.2) is 0 Å². The van der Waals surface area contributed by atoms with Crippen molar-refractivity contribution in [3.63, 3.8) is 0 Å². The zero-order valence-corrected chi connectivity index (χ0v) is 17.0. The highest BCUT2D eigenvalue weighted by atomic mass is 28.3. The topological polar surface area (TPSA) is 55.1 Å². The summed E-state index contributed by atoms with van der Waals surface area (Å²) in [7, 11) is -3.05. The van der Waals surface area contributed by atoms with Gasteiger partial charge >= 0.3 is 6.09 Å². The van der Waals surface area contributed by atoms with Gasteiger partial charge in [-0.05, 0) is 18.2 Å². The molecule has 0 fully saturated rings. The van der Waals surface area contributed by atoms with Gasteiger partial charge < -0.3 is 5.11 Å². The van der Waals surface area contributed by atoms with E-state index in [0.29, 0.717) is 11.2 Å². The first-order chi connectivity index (χ1) is 11.0. The largest absolute Gasteiger partial charge is 0.463 e. The van der Waals surface area contributed by atoms with Crippen molar-refractivity contribution in [1.82, 2.24) is 9.78 Å². The summed E-state index contributed by atoms with van der Waals surface area (Å²) in [5, 5.41) is 14.3. The SMILES string of the molecule is C[Si](C)(C)C#Cc1ccc2c(c1)c(C#C[Si](C)(C)C)nn2C(=O)O. The number of nitrogens with zero attached hydrogens (tertiary/aromatic N) is 2. The third-order valence-electron chi connectivity index (χ3n) is 3.00. The Bertz CT molecular complexity index is 924. The summed E-state index contributed by atoms with van der Waals surface area (Å²) in [6, 6.07) is 5.49. The number of hydrogen-bond donors (Lipinski definition) is 1. The molecule has 0 atom stereocenters. The van der Waals surface area contributed by atoms with E-state index in [1.165, 1.54) is 0 Å². The second kappa shape index (κ2) is 6.31. The van der Waals surface area contributed by atoms with Gasteiger partial charge in [-0.2, -0.15) is 9.78 Å². The fraction of sp³-hybridized carbons (Fsp3) is 0.333. The summed E-state index contributed by atoms with van der Waals surface area (Å²) < 4.78 is 0.985. The predicted molar refractivity (Wildman–Crippen MR) is 104 cm³/mol. The quantitative estimate of drug-likeness (QED) is 0.574. The molecule has 1 N–H and O–H groups in total. The maximum absolute atomic E-state index is 11.4. The van der Waals surface area contributed by atoms with Crippen LogP contribution in [0.5, 0.6) is 0 Å². The van der Waals surface area contributed by atoms with Gasteiger partial charge in [0.2, 0.25) is 0 Å². The monoisotopic (exact) mass is 354 g/mol. The molecule has 1 heterocycles. The second-order valence-electron chi connectivity index (χ2n) is 7.77. The first kappa shape index (κ1) is 18.1. The van der Waals surface area contributed by atoms with Crippen LogP contribution in [0, 0.1) is 22.9 Å². The Morgan fingerprint density at radius 2 is 1.62 bits per heavy atom. The van der Waals surface area contributed by atoms with Gasteiger partial charge in [0.1, 0.15) is 21.8 Å². The van der Waals surface area contributed by atoms with Crippen molar-refractivity contribution in [3.05, 3.63) is 29.5 Å². The third kappa shape index (κ3) is 4.61. The van der Waals surface area contributed by atoms with Crippen molar-refractivity contribution >= 4 is 33.1 Å². The minimum atomic E-state index is -1.58. The maximum atomic E-state index is 11.4. The summed E-state index contributed by atoms with van der Waals surface area (Å²) in [5.41, 5.74) is 8.49. The molecule has 0 aliphatic carbocycles. The Morgan fingerprint density at radius 1 is 1.04 bits per heavy atom. The average molecular weight is 355 g/mol. The highest BCUT2D eigenvalue weighted by Gasteiger charge is 2.15. The van der Waals surface area contributed by atoms with Crippen molar-refractivity contribution < 1.29 is 9.90 Å². The number of fused-ring (bicyclic) bond motifs is 1. The number of carbonyl (C=O) groups is 1. The standard InChI is InChI=1S/C18H22N2O2Si2/c1-23(2,3)11-9-14-7-8-17-15(13-14)16(10-12-24(4,5)6)19-20(17)18(21)22/h7-8,13H,1-6H3,(H,21,22). The Kier molecular flexibility index (Phi) is 4.75. The summed E-state index contributed by atoms with van der Waals surface area (Å²) in [5.74, 6) is 6.28. The molecule has 0 unspecified atom stereocenters. The van der Waals surface area contributed by atoms with E-state index in [4.69, 9.17) is 0 Å². The fourth-order valence-electron chi connectivity index (χ4n) is 1.94. The van der Waals surface area contributed by atoms with Crippen LogP contribution in [0.3, 0.4) is 0 Å². The van der Waals surface area contributed by atoms with Crippen LogP contribution in [-0.2, 0) is 0 Å². The fourth-order valence-corrected chi connectivity index (χ4v) is 2.95. The van der Waals surface area contributed by atoms with Crippen molar-refractivity contribution in [1.29, 1.82) is 0 Å². The average Bonchev–Trinajstić information content (AvgIpc) is 2.80. The smallest absolute Gasteiger partial charge is 0.432 e. The molecule has 6 heteroatoms. The highest BCUT2D eigenvalue weighted by Crippen LogP contribution is 2.20. The van der Waals surface area contributed by atoms with E-state index in [0.717, 1.165) is 15.6 Å². The molecule has 0 amide bonds. The Hall–Kier alpha value is -2.29. The molecule has 0 saturated carbocycles. The van der Waals surface area contributed by atoms with Gasteiger partial charge in [0, 0.05) is 10.9 Å². The molecule has 2 aromatic rings. The lowest BCUT2D eigenvalue weighted by atomic mass is 10.1. The van der Waals surface area contributed by atoms with Crippen LogP contribution in [0.2, 0.25) is 39.3 Å². The molecule has 0 saturated heterocycles. The normalized spacial score (nSPS) is 11.4. The number of rotatable bonds is 0. The minimum Gasteiger partial charge on any atom is -0.463 e. The van der Waals surface area contributed by atoms with Gasteiger partial charge in [0.25, 0.3) is 0 Å². The van der Waals surface area contributed by atoms with E-state index in [1.807, 2.05) is 12.1 Å². The molecule has 4 nitrogen and oxygen atoms in total. The number of hydrogen-bond acceptors (Lipinski definition) is 2. The van der Waals surface area contributed by atoms with Crippen LogP contribution in [-0.4, -0.2) is 37.1 Å². The first-order valence-corrected chi connectivity index (χ1v) is 14.8. The van der Waals surface area contributed by atoms with Crippen molar-refractivity contribution in [3.8, 4) is 22.9 Å². The van der Waals surface area contributed by atoms with Gasteiger partial charge in [-0.3, -0.25) is 0 Å². The van der Waals surface area contributed by atoms with Gasteiger partial charge in [-0.25, -0.2) is 4.79 Å². The summed E-state index contributed by atoms with van der Waals surface area (Å²) in [6.07, 6.45) is -1.11. The zero-order chi connectivity index (χ0) is 18.1. The lowest BCUT2D eigenvalue weighted by Crippen LogP contribution is -2.16. The summed E-state index contributed by atoms with van der Waals surface area (Å²) in [6.45, 7) is 13.0. The Morgan fingerprint density at radius 3 is 2.17 bits per heavy atom. The molecular formula is C18H22N2O2Si2. The van der Waals surface area contributed by atoms with Crippen LogP contribution in [0.4, 0.5) is 4.79 Å². The predicted octanol–water partition coefficient (Wildman–Crippen LogP) is 4.02. The summed E-state index contributed by atoms with van der Waals surface area (Å²) >= 11 is 0. The second-order valence-corrected chi connectivity index (χ2v) is 17.3. The van der Waals surface area contributed by atoms with Gasteiger partial charge in [0.05, 0.1) is 5.52 Å². The molecular weight excluding hydrogens is 332 g/mol. The molecule has 24 heavy (non-hydrogen) atoms. The van der Waals surface area contributed by atoms with Gasteiger partial charge in [-0.15, -0.1) is 11.1 Å². The molecule has 2 rings (SSSR count). The Labute approximate surface area is 144 Å². The van der Waals surface area contributed by atoms with E-state index >= 15 is 0 Å². The maximum Gasteiger partial charge on any atom is 0.432 e. The minimum absolute atomic E-state index is 0.506. The van der Waals surface area contributed by atoms with E-state index in [9.17, 15) is 9.90 Å². The van der Waals surface area contributed by atoms with Crippen molar-refractivity contribution in [2.24, 2.45) is 0 Å². The van der Waals surface area contributed by atoms with Crippen LogP contribution < -0.4 is 0 Å². The number of carboxylic acid groups (broad SMARTS) is 1. The molecule has 124 valence electrons. The van der Waals surface area contributed by atoms with Crippen molar-refractivity contribution in [2.75, 3.05) is 0 Å². The molecule has 1 aromatic heterocycles. The van der Waals surface area contributed by atoms with E-state index in [1.54, 1.807) is 6.07 Å².